The minimum absolute atomic E-state index is 0.101. The number of benzene rings is 1. The molecule has 2 fully saturated rings. The highest BCUT2D eigenvalue weighted by molar-refractivity contribution is 5.95. The first kappa shape index (κ1) is 17.6. The molecule has 1 saturated carbocycles. The highest BCUT2D eigenvalue weighted by Crippen LogP contribution is 2.37. The number of carbonyl (C=O) groups is 2. The first-order chi connectivity index (χ1) is 13.0. The van der Waals surface area contributed by atoms with Gasteiger partial charge in [0.1, 0.15) is 11.4 Å². The predicted molar refractivity (Wildman–Crippen MR) is 96.3 cm³/mol. The number of hydrogen-bond acceptors (Lipinski definition) is 4. The zero-order valence-corrected chi connectivity index (χ0v) is 14.8. The maximum Gasteiger partial charge on any atom is 0.254 e. The molecule has 1 aliphatic carbocycles. The summed E-state index contributed by atoms with van der Waals surface area (Å²) in [4.78, 5) is 32.0. The second-order valence-electron chi connectivity index (χ2n) is 7.09. The van der Waals surface area contributed by atoms with Crippen molar-refractivity contribution in [2.75, 3.05) is 26.2 Å². The van der Waals surface area contributed by atoms with Crippen molar-refractivity contribution >= 4 is 11.8 Å². The highest BCUT2D eigenvalue weighted by Gasteiger charge is 2.50. The van der Waals surface area contributed by atoms with Crippen molar-refractivity contribution in [3.05, 3.63) is 54.1 Å². The molecule has 1 saturated heterocycles. The number of amides is 2. The number of aromatic nitrogens is 1. The van der Waals surface area contributed by atoms with E-state index in [0.717, 1.165) is 11.8 Å². The lowest BCUT2D eigenvalue weighted by Gasteiger charge is -2.35. The number of rotatable bonds is 3. The summed E-state index contributed by atoms with van der Waals surface area (Å²) in [5.41, 5.74) is 0.822. The van der Waals surface area contributed by atoms with Gasteiger partial charge in [-0.15, -0.1) is 0 Å². The van der Waals surface area contributed by atoms with Crippen LogP contribution in [0.4, 0.5) is 4.39 Å². The van der Waals surface area contributed by atoms with Crippen molar-refractivity contribution in [2.45, 2.75) is 18.4 Å². The Morgan fingerprint density at radius 3 is 2.19 bits per heavy atom. The van der Waals surface area contributed by atoms with Crippen LogP contribution >= 0.6 is 0 Å². The van der Waals surface area contributed by atoms with Gasteiger partial charge in [-0.25, -0.2) is 4.39 Å². The Morgan fingerprint density at radius 2 is 1.59 bits per heavy atom. The number of piperazine rings is 1. The van der Waals surface area contributed by atoms with Gasteiger partial charge in [0.2, 0.25) is 0 Å². The normalized spacial score (nSPS) is 18.3. The Kier molecular flexibility index (Phi) is 4.39. The zero-order chi connectivity index (χ0) is 19.0. The molecule has 1 N–H and O–H groups in total. The van der Waals surface area contributed by atoms with Crippen LogP contribution in [-0.2, 0) is 4.79 Å². The predicted octanol–water partition coefficient (Wildman–Crippen LogP) is 1.70. The van der Waals surface area contributed by atoms with Crippen LogP contribution in [0.2, 0.25) is 0 Å². The van der Waals surface area contributed by atoms with E-state index in [0.29, 0.717) is 50.1 Å². The molecular formula is C20H20FN3O3. The van der Waals surface area contributed by atoms with Crippen molar-refractivity contribution in [1.29, 1.82) is 0 Å². The lowest BCUT2D eigenvalue weighted by atomic mass is 10.0. The number of halogens is 1. The lowest BCUT2D eigenvalue weighted by Crippen LogP contribution is -2.53. The Morgan fingerprint density at radius 1 is 0.963 bits per heavy atom. The van der Waals surface area contributed by atoms with Gasteiger partial charge in [-0.3, -0.25) is 14.6 Å². The second-order valence-corrected chi connectivity index (χ2v) is 7.09. The summed E-state index contributed by atoms with van der Waals surface area (Å²) in [5.74, 6) is -0.727. The van der Waals surface area contributed by atoms with Crippen LogP contribution in [0.25, 0.3) is 11.1 Å². The fraction of sp³-hybridized carbons (Fsp3) is 0.350. The summed E-state index contributed by atoms with van der Waals surface area (Å²) < 4.78 is 13.3. The third kappa shape index (κ3) is 3.55. The van der Waals surface area contributed by atoms with E-state index >= 15 is 0 Å². The summed E-state index contributed by atoms with van der Waals surface area (Å²) in [6.45, 7) is 1.74. The minimum atomic E-state index is -1.16. The summed E-state index contributed by atoms with van der Waals surface area (Å²) in [6.07, 6.45) is 3.77. The Labute approximate surface area is 156 Å². The zero-order valence-electron chi connectivity index (χ0n) is 14.8. The molecule has 0 spiro atoms. The molecule has 2 aliphatic rings. The van der Waals surface area contributed by atoms with Gasteiger partial charge in [-0.2, -0.15) is 0 Å². The molecule has 6 nitrogen and oxygen atoms in total. The van der Waals surface area contributed by atoms with E-state index in [9.17, 15) is 19.1 Å². The SMILES string of the molecule is O=C(c1ccc(-c2cncc(F)c2)cc1)N1CCN(C(=O)C2(O)CC2)CC1. The average Bonchev–Trinajstić information content (AvgIpc) is 3.46. The molecular weight excluding hydrogens is 349 g/mol. The van der Waals surface area contributed by atoms with Gasteiger partial charge >= 0.3 is 0 Å². The lowest BCUT2D eigenvalue weighted by molar-refractivity contribution is -0.143. The standard InChI is InChI=1S/C20H20FN3O3/c21-17-11-16(12-22-13-17)14-1-3-15(4-2-14)18(25)23-7-9-24(10-8-23)19(26)20(27)5-6-20/h1-4,11-13,27H,5-10H2. The third-order valence-electron chi connectivity index (χ3n) is 5.15. The minimum Gasteiger partial charge on any atom is -0.380 e. The Hall–Kier alpha value is -2.80. The van der Waals surface area contributed by atoms with E-state index in [1.54, 1.807) is 40.3 Å². The largest absolute Gasteiger partial charge is 0.380 e. The van der Waals surface area contributed by atoms with Crippen LogP contribution in [-0.4, -0.2) is 63.5 Å². The summed E-state index contributed by atoms with van der Waals surface area (Å²) in [7, 11) is 0. The molecule has 140 valence electrons. The van der Waals surface area contributed by atoms with Crippen molar-refractivity contribution in [3.63, 3.8) is 0 Å². The van der Waals surface area contributed by atoms with Crippen molar-refractivity contribution < 1.29 is 19.1 Å². The topological polar surface area (TPSA) is 73.7 Å². The number of aliphatic hydroxyl groups is 1. The van der Waals surface area contributed by atoms with E-state index in [1.807, 2.05) is 0 Å². The van der Waals surface area contributed by atoms with Gasteiger partial charge in [0, 0.05) is 43.5 Å². The number of carbonyl (C=O) groups excluding carboxylic acids is 2. The monoisotopic (exact) mass is 369 g/mol. The molecule has 27 heavy (non-hydrogen) atoms. The van der Waals surface area contributed by atoms with Gasteiger partial charge < -0.3 is 14.9 Å². The van der Waals surface area contributed by atoms with Crippen molar-refractivity contribution in [3.8, 4) is 11.1 Å². The highest BCUT2D eigenvalue weighted by atomic mass is 19.1. The van der Waals surface area contributed by atoms with Gasteiger partial charge in [0.05, 0.1) is 6.20 Å². The van der Waals surface area contributed by atoms with E-state index < -0.39 is 11.4 Å². The van der Waals surface area contributed by atoms with Crippen LogP contribution < -0.4 is 0 Å². The molecule has 1 aliphatic heterocycles. The fourth-order valence-electron chi connectivity index (χ4n) is 3.30. The maximum atomic E-state index is 13.3. The molecule has 1 aromatic heterocycles. The quantitative estimate of drug-likeness (QED) is 0.894. The van der Waals surface area contributed by atoms with Gasteiger partial charge in [-0.1, -0.05) is 12.1 Å². The number of nitrogens with zero attached hydrogens (tertiary/aromatic N) is 3. The summed E-state index contributed by atoms with van der Waals surface area (Å²) >= 11 is 0. The molecule has 0 unspecified atom stereocenters. The van der Waals surface area contributed by atoms with E-state index in [4.69, 9.17) is 0 Å². The Balaban J connectivity index is 1.39. The smallest absolute Gasteiger partial charge is 0.254 e. The van der Waals surface area contributed by atoms with Gasteiger partial charge in [0.15, 0.2) is 0 Å². The van der Waals surface area contributed by atoms with Gasteiger partial charge in [-0.05, 0) is 36.6 Å². The van der Waals surface area contributed by atoms with Crippen LogP contribution in [0, 0.1) is 5.82 Å². The average molecular weight is 369 g/mol. The maximum absolute atomic E-state index is 13.3. The van der Waals surface area contributed by atoms with Crippen LogP contribution in [0.15, 0.2) is 42.7 Å². The van der Waals surface area contributed by atoms with E-state index in [-0.39, 0.29) is 11.8 Å². The third-order valence-corrected chi connectivity index (χ3v) is 5.15. The summed E-state index contributed by atoms with van der Waals surface area (Å²) in [6, 6.07) is 8.37. The van der Waals surface area contributed by atoms with E-state index in [2.05, 4.69) is 4.98 Å². The molecule has 4 rings (SSSR count). The molecule has 1 aromatic carbocycles. The van der Waals surface area contributed by atoms with Crippen LogP contribution in [0.1, 0.15) is 23.2 Å². The molecule has 2 amide bonds. The van der Waals surface area contributed by atoms with Crippen molar-refractivity contribution in [2.24, 2.45) is 0 Å². The molecule has 2 heterocycles. The van der Waals surface area contributed by atoms with Gasteiger partial charge in [0.25, 0.3) is 11.8 Å². The molecule has 0 bridgehead atoms. The number of pyridine rings is 1. The number of hydrogen-bond donors (Lipinski definition) is 1. The molecule has 2 aromatic rings. The van der Waals surface area contributed by atoms with Crippen molar-refractivity contribution in [1.82, 2.24) is 14.8 Å². The fourth-order valence-corrected chi connectivity index (χ4v) is 3.30. The van der Waals surface area contributed by atoms with E-state index in [1.165, 1.54) is 6.07 Å². The van der Waals surface area contributed by atoms with Crippen LogP contribution in [0.3, 0.4) is 0 Å². The Bertz CT molecular complexity index is 872. The molecule has 0 radical (unpaired) electrons. The molecule has 7 heteroatoms. The first-order valence-electron chi connectivity index (χ1n) is 8.98. The second kappa shape index (κ2) is 6.74. The summed E-state index contributed by atoms with van der Waals surface area (Å²) in [5, 5.41) is 9.94. The first-order valence-corrected chi connectivity index (χ1v) is 8.98. The van der Waals surface area contributed by atoms with Crippen LogP contribution in [0.5, 0.6) is 0 Å². The molecule has 0 atom stereocenters.